The van der Waals surface area contributed by atoms with E-state index in [1.807, 2.05) is 44.2 Å². The van der Waals surface area contributed by atoms with Gasteiger partial charge >= 0.3 is 18.2 Å². The Balaban J connectivity index is 1.50. The quantitative estimate of drug-likeness (QED) is 0.106. The number of epoxide rings is 1. The molecular formula is C36H49N5O9. The van der Waals surface area contributed by atoms with Crippen molar-refractivity contribution >= 4 is 35.7 Å². The van der Waals surface area contributed by atoms with E-state index < -0.39 is 53.3 Å². The van der Waals surface area contributed by atoms with Crippen molar-refractivity contribution < 1.29 is 42.9 Å². The number of nitrogens with one attached hydrogen (secondary N) is 2. The Labute approximate surface area is 292 Å². The van der Waals surface area contributed by atoms with Crippen LogP contribution in [0.4, 0.5) is 15.3 Å². The lowest BCUT2D eigenvalue weighted by Crippen LogP contribution is -2.59. The van der Waals surface area contributed by atoms with Crippen molar-refractivity contribution in [2.75, 3.05) is 18.8 Å². The number of hydrazine groups is 1. The molecule has 4 rings (SSSR count). The highest BCUT2D eigenvalue weighted by molar-refractivity contribution is 6.03. The molecule has 14 heteroatoms. The highest BCUT2D eigenvalue weighted by atomic mass is 16.6. The maximum Gasteiger partial charge on any atom is 0.429 e. The van der Waals surface area contributed by atoms with Gasteiger partial charge in [0, 0.05) is 5.69 Å². The minimum atomic E-state index is -1.10. The molecule has 2 saturated heterocycles. The van der Waals surface area contributed by atoms with Crippen LogP contribution < -0.4 is 16.5 Å². The van der Waals surface area contributed by atoms with Gasteiger partial charge in [-0.05, 0) is 77.6 Å². The second kappa shape index (κ2) is 15.4. The van der Waals surface area contributed by atoms with Gasteiger partial charge < -0.3 is 30.0 Å². The molecule has 0 saturated carbocycles. The van der Waals surface area contributed by atoms with Gasteiger partial charge in [0.1, 0.15) is 36.1 Å². The normalized spacial score (nSPS) is 18.8. The Hall–Kier alpha value is -4.85. The number of carbonyl (C=O) groups is 5. The predicted molar refractivity (Wildman–Crippen MR) is 184 cm³/mol. The summed E-state index contributed by atoms with van der Waals surface area (Å²) in [6, 6.07) is 11.7. The van der Waals surface area contributed by atoms with Crippen LogP contribution in [0.5, 0.6) is 0 Å². The van der Waals surface area contributed by atoms with E-state index in [1.54, 1.807) is 41.5 Å². The fourth-order valence-electron chi connectivity index (χ4n) is 5.42. The largest absolute Gasteiger partial charge is 0.456 e. The maximum absolute atomic E-state index is 13.8. The lowest BCUT2D eigenvalue weighted by molar-refractivity contribution is -0.128. The number of likely N-dealkylation sites (tertiary alicyclic amines) is 1. The van der Waals surface area contributed by atoms with E-state index in [9.17, 15) is 24.0 Å². The molecule has 0 aromatic heterocycles. The van der Waals surface area contributed by atoms with Crippen LogP contribution in [0.1, 0.15) is 88.1 Å². The topological polar surface area (TPSA) is 182 Å². The van der Waals surface area contributed by atoms with E-state index in [0.29, 0.717) is 0 Å². The summed E-state index contributed by atoms with van der Waals surface area (Å²) >= 11 is 0. The van der Waals surface area contributed by atoms with Crippen molar-refractivity contribution in [2.24, 2.45) is 5.92 Å². The number of hydrogen-bond acceptors (Lipinski definition) is 10. The molecule has 2 aliphatic rings. The summed E-state index contributed by atoms with van der Waals surface area (Å²) in [5.41, 5.74) is 8.22. The average Bonchev–Trinajstić information content (AvgIpc) is 3.69. The van der Waals surface area contributed by atoms with E-state index in [2.05, 4.69) is 10.7 Å². The molecule has 2 unspecified atom stereocenters. The Kier molecular flexibility index (Phi) is 11.7. The summed E-state index contributed by atoms with van der Waals surface area (Å²) in [7, 11) is 0. The first-order chi connectivity index (χ1) is 23.3. The molecule has 2 aliphatic heterocycles. The molecule has 2 aromatic rings. The summed E-state index contributed by atoms with van der Waals surface area (Å²) in [5, 5.41) is 3.72. The monoisotopic (exact) mass is 695 g/mol. The number of fused-ring (bicyclic) bond motifs is 1. The molecule has 4 N–H and O–H groups in total. The zero-order valence-electron chi connectivity index (χ0n) is 30.0. The third-order valence-electron chi connectivity index (χ3n) is 7.71. The second-order valence-corrected chi connectivity index (χ2v) is 14.9. The van der Waals surface area contributed by atoms with Crippen molar-refractivity contribution in [1.29, 1.82) is 0 Å². The van der Waals surface area contributed by atoms with Crippen molar-refractivity contribution in [1.82, 2.24) is 20.7 Å². The summed E-state index contributed by atoms with van der Waals surface area (Å²) in [5.74, 6) is -1.98. The van der Waals surface area contributed by atoms with Gasteiger partial charge in [0.2, 0.25) is 0 Å². The highest BCUT2D eigenvalue weighted by Gasteiger charge is 2.57. The van der Waals surface area contributed by atoms with Gasteiger partial charge in [-0.15, -0.1) is 0 Å². The summed E-state index contributed by atoms with van der Waals surface area (Å²) in [6.07, 6.45) is -1.81. The van der Waals surface area contributed by atoms with Gasteiger partial charge in [0.15, 0.2) is 0 Å². The van der Waals surface area contributed by atoms with Gasteiger partial charge in [0.05, 0.1) is 30.3 Å². The van der Waals surface area contributed by atoms with Gasteiger partial charge in [-0.25, -0.2) is 19.4 Å². The molecule has 0 spiro atoms. The Bertz CT molecular complexity index is 1570. The molecule has 0 radical (unpaired) electrons. The van der Waals surface area contributed by atoms with E-state index in [1.165, 1.54) is 23.1 Å². The molecule has 14 nitrogen and oxygen atoms in total. The van der Waals surface area contributed by atoms with E-state index in [0.717, 1.165) is 10.6 Å². The van der Waals surface area contributed by atoms with Gasteiger partial charge in [0.25, 0.3) is 11.8 Å². The first-order valence-corrected chi connectivity index (χ1v) is 16.7. The Morgan fingerprint density at radius 1 is 0.980 bits per heavy atom. The SMILES string of the molecule is CC(C)C[C@H](NC(=O)c1ccc(C(=O)OC(C)(C)C)cc1N)C(=O)NN(C[C@H]1C2OC2CN1C(=O)OCc1ccccc1)C(=O)OC(C)(C)C. The summed E-state index contributed by atoms with van der Waals surface area (Å²) in [4.78, 5) is 67.9. The number of hydrogen-bond donors (Lipinski definition) is 3. The molecule has 2 heterocycles. The summed E-state index contributed by atoms with van der Waals surface area (Å²) < 4.78 is 22.3. The van der Waals surface area contributed by atoms with E-state index >= 15 is 0 Å². The van der Waals surface area contributed by atoms with Crippen LogP contribution in [0, 0.1) is 5.92 Å². The Morgan fingerprint density at radius 3 is 2.24 bits per heavy atom. The van der Waals surface area contributed by atoms with Gasteiger partial charge in [-0.3, -0.25) is 19.9 Å². The van der Waals surface area contributed by atoms with Crippen LogP contribution in [0.2, 0.25) is 0 Å². The third kappa shape index (κ3) is 10.6. The van der Waals surface area contributed by atoms with Crippen LogP contribution in [0.25, 0.3) is 0 Å². The highest BCUT2D eigenvalue weighted by Crippen LogP contribution is 2.37. The first-order valence-electron chi connectivity index (χ1n) is 16.7. The second-order valence-electron chi connectivity index (χ2n) is 14.9. The molecule has 272 valence electrons. The smallest absolute Gasteiger partial charge is 0.429 e. The average molecular weight is 696 g/mol. The van der Waals surface area contributed by atoms with Crippen LogP contribution >= 0.6 is 0 Å². The number of carbonyl (C=O) groups excluding carboxylic acids is 5. The fraction of sp³-hybridized carbons (Fsp3) is 0.528. The standard InChI is InChI=1S/C36H49N5O9/c1-21(2)16-26(38-30(42)24-15-14-23(17-25(24)37)32(44)49-35(3,4)5)31(43)39-41(34(46)50-36(6,7)8)18-27-29-28(48-29)19-40(27)33(45)47-20-22-12-10-9-11-13-22/h9-15,17,21,26-29H,16,18-20,37H2,1-8H3,(H,38,42)(H,39,43)/t26-,27-,28?,29?/m0/s1. The van der Waals surface area contributed by atoms with Crippen molar-refractivity contribution in [2.45, 2.75) is 104 Å². The minimum Gasteiger partial charge on any atom is -0.456 e. The van der Waals surface area contributed by atoms with Crippen molar-refractivity contribution in [3.8, 4) is 0 Å². The van der Waals surface area contributed by atoms with Crippen molar-refractivity contribution in [3.63, 3.8) is 0 Å². The maximum atomic E-state index is 13.8. The number of ether oxygens (including phenoxy) is 4. The molecule has 2 aromatic carbocycles. The molecular weight excluding hydrogens is 646 g/mol. The third-order valence-corrected chi connectivity index (χ3v) is 7.71. The van der Waals surface area contributed by atoms with Gasteiger partial charge in [-0.1, -0.05) is 44.2 Å². The van der Waals surface area contributed by atoms with Crippen LogP contribution in [-0.4, -0.2) is 88.5 Å². The van der Waals surface area contributed by atoms with Crippen LogP contribution in [-0.2, 0) is 30.3 Å². The number of benzene rings is 2. The van der Waals surface area contributed by atoms with E-state index in [-0.39, 0.29) is 61.1 Å². The molecule has 0 bridgehead atoms. The van der Waals surface area contributed by atoms with Gasteiger partial charge in [-0.2, -0.15) is 0 Å². The summed E-state index contributed by atoms with van der Waals surface area (Å²) in [6.45, 7) is 14.2. The lowest BCUT2D eigenvalue weighted by Gasteiger charge is -2.33. The number of nitrogens with two attached hydrogens (primary N) is 1. The molecule has 0 aliphatic carbocycles. The molecule has 50 heavy (non-hydrogen) atoms. The number of rotatable bonds is 10. The predicted octanol–water partition coefficient (Wildman–Crippen LogP) is 4.43. The fourth-order valence-corrected chi connectivity index (χ4v) is 5.42. The number of amides is 4. The Morgan fingerprint density at radius 2 is 1.64 bits per heavy atom. The number of morpholine rings is 1. The number of esters is 1. The molecule has 4 atom stereocenters. The molecule has 4 amide bonds. The molecule has 2 fully saturated rings. The lowest BCUT2D eigenvalue weighted by atomic mass is 10.0. The van der Waals surface area contributed by atoms with Crippen LogP contribution in [0.15, 0.2) is 48.5 Å². The first kappa shape index (κ1) is 38.0. The number of nitrogens with zero attached hydrogens (tertiary/aromatic N) is 2. The minimum absolute atomic E-state index is 0.0180. The van der Waals surface area contributed by atoms with E-state index in [4.69, 9.17) is 24.7 Å². The van der Waals surface area contributed by atoms with Crippen molar-refractivity contribution in [3.05, 3.63) is 65.2 Å². The zero-order valence-corrected chi connectivity index (χ0v) is 30.0. The number of nitrogen functional groups attached to an aromatic ring is 1. The zero-order chi connectivity index (χ0) is 37.0. The number of anilines is 1. The van der Waals surface area contributed by atoms with Crippen LogP contribution in [0.3, 0.4) is 0 Å².